The molecule has 0 radical (unpaired) electrons. The van der Waals surface area contributed by atoms with Crippen molar-refractivity contribution >= 4 is 5.91 Å². The zero-order valence-electron chi connectivity index (χ0n) is 11.2. The van der Waals surface area contributed by atoms with Gasteiger partial charge in [-0.3, -0.25) is 9.78 Å². The van der Waals surface area contributed by atoms with Crippen molar-refractivity contribution in [2.45, 2.75) is 33.2 Å². The highest BCUT2D eigenvalue weighted by Gasteiger charge is 2.08. The molecule has 1 aromatic rings. The maximum atomic E-state index is 11.5. The van der Waals surface area contributed by atoms with Crippen LogP contribution in [-0.4, -0.2) is 30.1 Å². The molecular formula is C13H21N3O2. The summed E-state index contributed by atoms with van der Waals surface area (Å²) < 4.78 is 5.48. The van der Waals surface area contributed by atoms with Gasteiger partial charge in [0.25, 0.3) is 5.91 Å². The monoisotopic (exact) mass is 251 g/mol. The third-order valence-corrected chi connectivity index (χ3v) is 2.26. The van der Waals surface area contributed by atoms with Crippen molar-refractivity contribution in [2.75, 3.05) is 13.2 Å². The molecule has 0 atom stereocenters. The smallest absolute Gasteiger partial charge is 0.258 e. The molecule has 0 aliphatic heterocycles. The number of amides is 1. The minimum atomic E-state index is -0.135. The molecule has 0 aromatic carbocycles. The molecule has 0 aliphatic rings. The number of ether oxygens (including phenoxy) is 1. The van der Waals surface area contributed by atoms with Gasteiger partial charge in [-0.1, -0.05) is 0 Å². The van der Waals surface area contributed by atoms with Crippen LogP contribution >= 0.6 is 0 Å². The first-order chi connectivity index (χ1) is 8.52. The molecule has 0 unspecified atom stereocenters. The Morgan fingerprint density at radius 3 is 2.83 bits per heavy atom. The van der Waals surface area contributed by atoms with Gasteiger partial charge in [-0.2, -0.15) is 0 Å². The van der Waals surface area contributed by atoms with Crippen molar-refractivity contribution < 1.29 is 9.53 Å². The molecule has 100 valence electrons. The van der Waals surface area contributed by atoms with E-state index >= 15 is 0 Å². The van der Waals surface area contributed by atoms with Gasteiger partial charge in [0.2, 0.25) is 0 Å². The molecule has 0 bridgehead atoms. The Bertz CT molecular complexity index is 405. The number of rotatable bonds is 6. The average Bonchev–Trinajstić information content (AvgIpc) is 2.27. The number of carbonyl (C=O) groups is 1. The molecule has 0 fully saturated rings. The van der Waals surface area contributed by atoms with E-state index in [0.29, 0.717) is 18.7 Å². The maximum absolute atomic E-state index is 11.5. The Balaban J connectivity index is 2.63. The topological polar surface area (TPSA) is 77.2 Å². The molecule has 1 aromatic heterocycles. The summed E-state index contributed by atoms with van der Waals surface area (Å²) >= 11 is 0. The predicted molar refractivity (Wildman–Crippen MR) is 70.5 cm³/mol. The first kappa shape index (κ1) is 14.4. The summed E-state index contributed by atoms with van der Waals surface area (Å²) in [6, 6.07) is 3.80. The molecule has 3 N–H and O–H groups in total. The molecule has 18 heavy (non-hydrogen) atoms. The van der Waals surface area contributed by atoms with E-state index in [1.807, 2.05) is 32.9 Å². The van der Waals surface area contributed by atoms with Crippen molar-refractivity contribution in [1.29, 1.82) is 0 Å². The number of hydrogen-bond donors (Lipinski definition) is 2. The molecule has 1 rings (SSSR count). The Hall–Kier alpha value is -1.62. The molecule has 0 saturated carbocycles. The van der Waals surface area contributed by atoms with Crippen LogP contribution in [0.1, 0.15) is 25.2 Å². The lowest BCUT2D eigenvalue weighted by Gasteiger charge is -2.12. The van der Waals surface area contributed by atoms with Crippen molar-refractivity contribution in [3.8, 4) is 5.75 Å². The molecule has 5 nitrogen and oxygen atoms in total. The van der Waals surface area contributed by atoms with Crippen LogP contribution in [0, 0.1) is 6.92 Å². The molecular weight excluding hydrogens is 230 g/mol. The highest BCUT2D eigenvalue weighted by atomic mass is 16.5. The summed E-state index contributed by atoms with van der Waals surface area (Å²) in [6.07, 6.45) is 0.642. The quantitative estimate of drug-likeness (QED) is 0.784. The van der Waals surface area contributed by atoms with E-state index in [-0.39, 0.29) is 18.6 Å². The maximum Gasteiger partial charge on any atom is 0.258 e. The first-order valence-corrected chi connectivity index (χ1v) is 6.11. The van der Waals surface area contributed by atoms with E-state index in [2.05, 4.69) is 10.3 Å². The van der Waals surface area contributed by atoms with Gasteiger partial charge in [-0.15, -0.1) is 0 Å². The number of aromatic nitrogens is 1. The lowest BCUT2D eigenvalue weighted by molar-refractivity contribution is -0.123. The van der Waals surface area contributed by atoms with Crippen molar-refractivity contribution in [1.82, 2.24) is 10.3 Å². The number of nitrogens with one attached hydrogen (secondary N) is 1. The summed E-state index contributed by atoms with van der Waals surface area (Å²) in [4.78, 5) is 15.8. The average molecular weight is 251 g/mol. The van der Waals surface area contributed by atoms with Crippen LogP contribution in [0.5, 0.6) is 5.75 Å². The summed E-state index contributed by atoms with van der Waals surface area (Å²) in [5, 5.41) is 2.77. The second kappa shape index (κ2) is 6.96. The normalized spacial score (nSPS) is 10.5. The van der Waals surface area contributed by atoms with Crippen LogP contribution in [0.3, 0.4) is 0 Å². The highest BCUT2D eigenvalue weighted by molar-refractivity contribution is 5.77. The molecule has 0 aliphatic carbocycles. The number of carbonyl (C=O) groups excluding carboxylic acids is 1. The van der Waals surface area contributed by atoms with Crippen LogP contribution < -0.4 is 15.8 Å². The van der Waals surface area contributed by atoms with Gasteiger partial charge in [0.15, 0.2) is 6.61 Å². The number of nitrogens with two attached hydrogens (primary N) is 1. The molecule has 5 heteroatoms. The minimum Gasteiger partial charge on any atom is -0.482 e. The summed E-state index contributed by atoms with van der Waals surface area (Å²) in [5.41, 5.74) is 7.24. The lowest BCUT2D eigenvalue weighted by Crippen LogP contribution is -2.34. The van der Waals surface area contributed by atoms with E-state index in [1.54, 1.807) is 0 Å². The van der Waals surface area contributed by atoms with Crippen LogP contribution in [0.2, 0.25) is 0 Å². The SMILES string of the molecule is Cc1ccc(OCC(=O)NC(C)C)c(CCN)n1. The van der Waals surface area contributed by atoms with Crippen molar-refractivity contribution in [3.05, 3.63) is 23.5 Å². The Kier molecular flexibility index (Phi) is 5.58. The first-order valence-electron chi connectivity index (χ1n) is 6.11. The fourth-order valence-electron chi connectivity index (χ4n) is 1.55. The number of hydrogen-bond acceptors (Lipinski definition) is 4. The zero-order chi connectivity index (χ0) is 13.5. The van der Waals surface area contributed by atoms with E-state index < -0.39 is 0 Å². The van der Waals surface area contributed by atoms with E-state index in [4.69, 9.17) is 10.5 Å². The van der Waals surface area contributed by atoms with E-state index in [0.717, 1.165) is 11.4 Å². The molecule has 0 saturated heterocycles. The second-order valence-corrected chi connectivity index (χ2v) is 4.45. The third kappa shape index (κ3) is 4.71. The summed E-state index contributed by atoms with van der Waals surface area (Å²) in [7, 11) is 0. The number of nitrogens with zero attached hydrogens (tertiary/aromatic N) is 1. The highest BCUT2D eigenvalue weighted by Crippen LogP contribution is 2.17. The lowest BCUT2D eigenvalue weighted by atomic mass is 10.2. The summed E-state index contributed by atoms with van der Waals surface area (Å²) in [5.74, 6) is 0.495. The van der Waals surface area contributed by atoms with Crippen molar-refractivity contribution in [3.63, 3.8) is 0 Å². The molecule has 1 heterocycles. The van der Waals surface area contributed by atoms with E-state index in [9.17, 15) is 4.79 Å². The molecule has 1 amide bonds. The van der Waals surface area contributed by atoms with Gasteiger partial charge in [0.1, 0.15) is 5.75 Å². The van der Waals surface area contributed by atoms with Gasteiger partial charge in [0.05, 0.1) is 5.69 Å². The Morgan fingerprint density at radius 2 is 2.22 bits per heavy atom. The van der Waals surface area contributed by atoms with Crippen LogP contribution in [0.4, 0.5) is 0 Å². The fourth-order valence-corrected chi connectivity index (χ4v) is 1.55. The van der Waals surface area contributed by atoms with Gasteiger partial charge in [-0.25, -0.2) is 0 Å². The Morgan fingerprint density at radius 1 is 1.50 bits per heavy atom. The Labute approximate surface area is 108 Å². The summed E-state index contributed by atoms with van der Waals surface area (Å²) in [6.45, 7) is 6.23. The van der Waals surface area contributed by atoms with Gasteiger partial charge < -0.3 is 15.8 Å². The van der Waals surface area contributed by atoms with Crippen molar-refractivity contribution in [2.24, 2.45) is 5.73 Å². The van der Waals surface area contributed by atoms with Crippen LogP contribution in [0.15, 0.2) is 12.1 Å². The van der Waals surface area contributed by atoms with Gasteiger partial charge in [0, 0.05) is 18.2 Å². The van der Waals surface area contributed by atoms with Crippen LogP contribution in [-0.2, 0) is 11.2 Å². The van der Waals surface area contributed by atoms with Crippen LogP contribution in [0.25, 0.3) is 0 Å². The fraction of sp³-hybridized carbons (Fsp3) is 0.538. The largest absolute Gasteiger partial charge is 0.482 e. The number of pyridine rings is 1. The zero-order valence-corrected chi connectivity index (χ0v) is 11.2. The van der Waals surface area contributed by atoms with E-state index in [1.165, 1.54) is 0 Å². The third-order valence-electron chi connectivity index (χ3n) is 2.26. The molecule has 0 spiro atoms. The van der Waals surface area contributed by atoms with Gasteiger partial charge in [-0.05, 0) is 39.4 Å². The van der Waals surface area contributed by atoms with Gasteiger partial charge >= 0.3 is 0 Å². The number of aryl methyl sites for hydroxylation is 1. The minimum absolute atomic E-state index is 0.000488. The predicted octanol–water partition coefficient (Wildman–Crippen LogP) is 0.795. The second-order valence-electron chi connectivity index (χ2n) is 4.45. The standard InChI is InChI=1S/C13H21N3O2/c1-9(2)15-13(17)8-18-12-5-4-10(3)16-11(12)6-7-14/h4-5,9H,6-8,14H2,1-3H3,(H,15,17).